The molecule has 1 aromatic heterocycles. The first kappa shape index (κ1) is 26.2. The van der Waals surface area contributed by atoms with E-state index in [1.54, 1.807) is 12.1 Å². The summed E-state index contributed by atoms with van der Waals surface area (Å²) in [5, 5.41) is 16.4. The van der Waals surface area contributed by atoms with E-state index in [0.29, 0.717) is 29.1 Å². The van der Waals surface area contributed by atoms with E-state index in [2.05, 4.69) is 15.5 Å². The van der Waals surface area contributed by atoms with Gasteiger partial charge in [-0.25, -0.2) is 8.78 Å². The van der Waals surface area contributed by atoms with Gasteiger partial charge in [0.15, 0.2) is 0 Å². The molecule has 1 heterocycles. The van der Waals surface area contributed by atoms with Gasteiger partial charge in [-0.2, -0.15) is 4.98 Å². The van der Waals surface area contributed by atoms with E-state index in [1.165, 1.54) is 6.07 Å². The van der Waals surface area contributed by atoms with Gasteiger partial charge in [0.25, 0.3) is 11.8 Å². The minimum atomic E-state index is -3.07. The standard InChI is InChI=1S/C29H29F2N3O3/c1-17(2)25(28(35)36)32-16-19-9-11-20(12-10-19)26-33-27(37-34-26)21-13-14-23(24(15-21)29(4,30)31)22-8-6-5-7-18(22)3/h5-15,17,25,32H,16H2,1-4H3,(H,35,36). The molecule has 0 aliphatic heterocycles. The van der Waals surface area contributed by atoms with Crippen molar-refractivity contribution in [3.63, 3.8) is 0 Å². The Kier molecular flexibility index (Phi) is 7.50. The van der Waals surface area contributed by atoms with E-state index >= 15 is 0 Å². The van der Waals surface area contributed by atoms with E-state index in [-0.39, 0.29) is 17.4 Å². The van der Waals surface area contributed by atoms with Crippen LogP contribution in [-0.2, 0) is 17.3 Å². The number of rotatable bonds is 9. The molecule has 4 aromatic rings. The molecule has 0 aliphatic rings. The van der Waals surface area contributed by atoms with Crippen LogP contribution in [0.1, 0.15) is 37.5 Å². The number of aliphatic carboxylic acids is 1. The first-order valence-corrected chi connectivity index (χ1v) is 12.0. The number of nitrogens with one attached hydrogen (secondary N) is 1. The Morgan fingerprint density at radius 3 is 2.32 bits per heavy atom. The fourth-order valence-corrected chi connectivity index (χ4v) is 4.22. The summed E-state index contributed by atoms with van der Waals surface area (Å²) in [4.78, 5) is 15.8. The molecule has 3 aromatic carbocycles. The number of halogens is 2. The molecular formula is C29H29F2N3O3. The van der Waals surface area contributed by atoms with E-state index < -0.39 is 17.9 Å². The molecule has 0 saturated carbocycles. The highest BCUT2D eigenvalue weighted by Crippen LogP contribution is 2.39. The van der Waals surface area contributed by atoms with Crippen molar-refractivity contribution in [2.24, 2.45) is 5.92 Å². The lowest BCUT2D eigenvalue weighted by molar-refractivity contribution is -0.140. The molecule has 0 fully saturated rings. The SMILES string of the molecule is Cc1ccccc1-c1ccc(-c2nc(-c3ccc(CNC(C(=O)O)C(C)C)cc3)no2)cc1C(C)(F)F. The molecule has 0 spiro atoms. The minimum Gasteiger partial charge on any atom is -0.480 e. The molecule has 192 valence electrons. The highest BCUT2D eigenvalue weighted by molar-refractivity contribution is 5.75. The van der Waals surface area contributed by atoms with Crippen LogP contribution in [0.3, 0.4) is 0 Å². The summed E-state index contributed by atoms with van der Waals surface area (Å²) in [5.74, 6) is -3.54. The zero-order chi connectivity index (χ0) is 26.7. The zero-order valence-electron chi connectivity index (χ0n) is 21.1. The summed E-state index contributed by atoms with van der Waals surface area (Å²) in [5.41, 5.74) is 3.99. The number of alkyl halides is 2. The second-order valence-corrected chi connectivity index (χ2v) is 9.52. The van der Waals surface area contributed by atoms with E-state index in [1.807, 2.05) is 69.3 Å². The van der Waals surface area contributed by atoms with Gasteiger partial charge in [-0.15, -0.1) is 0 Å². The summed E-state index contributed by atoms with van der Waals surface area (Å²) in [6.45, 7) is 6.87. The van der Waals surface area contributed by atoms with Crippen LogP contribution in [0.2, 0.25) is 0 Å². The van der Waals surface area contributed by atoms with E-state index in [9.17, 15) is 18.7 Å². The number of aryl methyl sites for hydroxylation is 1. The van der Waals surface area contributed by atoms with Crippen molar-refractivity contribution >= 4 is 5.97 Å². The van der Waals surface area contributed by atoms with Crippen LogP contribution in [0.5, 0.6) is 0 Å². The van der Waals surface area contributed by atoms with Gasteiger partial charge >= 0.3 is 5.97 Å². The molecule has 0 saturated heterocycles. The van der Waals surface area contributed by atoms with Gasteiger partial charge in [0.05, 0.1) is 0 Å². The number of hydrogen-bond acceptors (Lipinski definition) is 5. The summed E-state index contributed by atoms with van der Waals surface area (Å²) in [6.07, 6.45) is 0. The molecular weight excluding hydrogens is 476 g/mol. The van der Waals surface area contributed by atoms with Crippen molar-refractivity contribution in [3.05, 3.63) is 83.4 Å². The summed E-state index contributed by atoms with van der Waals surface area (Å²) in [7, 11) is 0. The Bertz CT molecular complexity index is 1390. The van der Waals surface area contributed by atoms with Gasteiger partial charge in [0, 0.05) is 30.2 Å². The average Bonchev–Trinajstić information content (AvgIpc) is 3.34. The van der Waals surface area contributed by atoms with Crippen molar-refractivity contribution in [2.75, 3.05) is 0 Å². The maximum absolute atomic E-state index is 14.6. The van der Waals surface area contributed by atoms with Crippen LogP contribution in [-0.4, -0.2) is 27.3 Å². The fraction of sp³-hybridized carbons (Fsp3) is 0.276. The minimum absolute atomic E-state index is 0.0477. The topological polar surface area (TPSA) is 88.2 Å². The van der Waals surface area contributed by atoms with Crippen molar-refractivity contribution in [3.8, 4) is 34.0 Å². The molecule has 0 radical (unpaired) electrons. The Morgan fingerprint density at radius 2 is 1.70 bits per heavy atom. The lowest BCUT2D eigenvalue weighted by atomic mass is 9.92. The number of hydrogen-bond donors (Lipinski definition) is 2. The molecule has 6 nitrogen and oxygen atoms in total. The molecule has 1 atom stereocenters. The second kappa shape index (κ2) is 10.6. The number of carbonyl (C=O) groups is 1. The average molecular weight is 506 g/mol. The van der Waals surface area contributed by atoms with Crippen LogP contribution in [0.15, 0.2) is 71.3 Å². The smallest absolute Gasteiger partial charge is 0.320 e. The third-order valence-corrected chi connectivity index (χ3v) is 6.27. The van der Waals surface area contributed by atoms with Crippen LogP contribution in [0, 0.1) is 12.8 Å². The first-order chi connectivity index (χ1) is 17.5. The van der Waals surface area contributed by atoms with Gasteiger partial charge in [-0.3, -0.25) is 4.79 Å². The lowest BCUT2D eigenvalue weighted by Crippen LogP contribution is -2.40. The van der Waals surface area contributed by atoms with Gasteiger partial charge < -0.3 is 14.9 Å². The summed E-state index contributed by atoms with van der Waals surface area (Å²) < 4.78 is 34.7. The fourth-order valence-electron chi connectivity index (χ4n) is 4.22. The number of benzene rings is 3. The van der Waals surface area contributed by atoms with Crippen molar-refractivity contribution in [1.29, 1.82) is 0 Å². The molecule has 1 unspecified atom stereocenters. The maximum atomic E-state index is 14.6. The highest BCUT2D eigenvalue weighted by Gasteiger charge is 2.29. The van der Waals surface area contributed by atoms with Gasteiger partial charge in [0.1, 0.15) is 6.04 Å². The van der Waals surface area contributed by atoms with Gasteiger partial charge in [-0.1, -0.05) is 73.6 Å². The van der Waals surface area contributed by atoms with Gasteiger partial charge in [-0.05, 0) is 47.2 Å². The van der Waals surface area contributed by atoms with Crippen molar-refractivity contribution < 1.29 is 23.2 Å². The lowest BCUT2D eigenvalue weighted by Gasteiger charge is -2.18. The van der Waals surface area contributed by atoms with Crippen LogP contribution in [0.4, 0.5) is 8.78 Å². The highest BCUT2D eigenvalue weighted by atomic mass is 19.3. The molecule has 0 amide bonds. The van der Waals surface area contributed by atoms with Crippen molar-refractivity contribution in [1.82, 2.24) is 15.5 Å². The van der Waals surface area contributed by atoms with Crippen LogP contribution < -0.4 is 5.32 Å². The molecule has 4 rings (SSSR count). The Balaban J connectivity index is 1.57. The maximum Gasteiger partial charge on any atom is 0.320 e. The summed E-state index contributed by atoms with van der Waals surface area (Å²) >= 11 is 0. The third-order valence-electron chi connectivity index (χ3n) is 6.27. The molecule has 0 bridgehead atoms. The summed E-state index contributed by atoms with van der Waals surface area (Å²) in [6, 6.07) is 18.9. The normalized spacial score (nSPS) is 12.6. The molecule has 37 heavy (non-hydrogen) atoms. The Morgan fingerprint density at radius 1 is 1.03 bits per heavy atom. The van der Waals surface area contributed by atoms with Crippen LogP contribution >= 0.6 is 0 Å². The molecule has 8 heteroatoms. The van der Waals surface area contributed by atoms with Gasteiger partial charge in [0.2, 0.25) is 5.82 Å². The number of carboxylic acids is 1. The number of nitrogens with zero attached hydrogens (tertiary/aromatic N) is 2. The zero-order valence-corrected chi connectivity index (χ0v) is 21.1. The Labute approximate surface area is 214 Å². The predicted molar refractivity (Wildman–Crippen MR) is 138 cm³/mol. The molecule has 2 N–H and O–H groups in total. The van der Waals surface area contributed by atoms with Crippen molar-refractivity contribution in [2.45, 2.75) is 46.2 Å². The second-order valence-electron chi connectivity index (χ2n) is 9.52. The quantitative estimate of drug-likeness (QED) is 0.264. The third kappa shape index (κ3) is 5.91. The Hall–Kier alpha value is -3.91. The number of carboxylic acid groups (broad SMARTS) is 1. The molecule has 0 aliphatic carbocycles. The van der Waals surface area contributed by atoms with E-state index in [0.717, 1.165) is 23.6 Å². The van der Waals surface area contributed by atoms with E-state index in [4.69, 9.17) is 4.52 Å². The number of aromatic nitrogens is 2. The van der Waals surface area contributed by atoms with Crippen LogP contribution in [0.25, 0.3) is 34.0 Å². The monoisotopic (exact) mass is 505 g/mol. The largest absolute Gasteiger partial charge is 0.480 e. The predicted octanol–water partition coefficient (Wildman–Crippen LogP) is 6.69. The first-order valence-electron chi connectivity index (χ1n) is 12.0.